The van der Waals surface area contributed by atoms with E-state index >= 15 is 0 Å². The number of benzene rings is 1. The predicted octanol–water partition coefficient (Wildman–Crippen LogP) is 2.74. The largest absolute Gasteiger partial charge is 0.452 e. The van der Waals surface area contributed by atoms with Gasteiger partial charge in [-0.15, -0.1) is 0 Å². The van der Waals surface area contributed by atoms with Gasteiger partial charge in [-0.05, 0) is 29.7 Å². The number of carbonyl (C=O) groups is 3. The number of hydrogen-bond donors (Lipinski definition) is 2. The Morgan fingerprint density at radius 1 is 1.23 bits per heavy atom. The summed E-state index contributed by atoms with van der Waals surface area (Å²) < 4.78 is 42.4. The number of imide groups is 1. The number of hydrogen-bond acceptors (Lipinski definition) is 4. The molecule has 0 saturated carbocycles. The molecular formula is C17H19F3N2O4. The molecule has 0 radical (unpaired) electrons. The number of urea groups is 1. The van der Waals surface area contributed by atoms with Crippen LogP contribution in [0.3, 0.4) is 0 Å². The van der Waals surface area contributed by atoms with Gasteiger partial charge in [0.05, 0.1) is 5.56 Å². The Morgan fingerprint density at radius 3 is 2.54 bits per heavy atom. The maximum Gasteiger partial charge on any atom is 0.416 e. The average molecular weight is 372 g/mol. The fourth-order valence-electron chi connectivity index (χ4n) is 1.67. The second-order valence-electron chi connectivity index (χ2n) is 5.72. The van der Waals surface area contributed by atoms with Crippen molar-refractivity contribution in [2.75, 3.05) is 13.2 Å². The van der Waals surface area contributed by atoms with Gasteiger partial charge in [-0.25, -0.2) is 9.59 Å². The number of rotatable bonds is 6. The van der Waals surface area contributed by atoms with Gasteiger partial charge in [0.25, 0.3) is 5.91 Å². The van der Waals surface area contributed by atoms with Crippen molar-refractivity contribution >= 4 is 24.0 Å². The molecule has 0 aromatic heterocycles. The molecule has 9 heteroatoms. The average Bonchev–Trinajstić information content (AvgIpc) is 2.56. The maximum absolute atomic E-state index is 12.6. The molecule has 1 rings (SSSR count). The molecule has 142 valence electrons. The highest BCUT2D eigenvalue weighted by Crippen LogP contribution is 2.29. The van der Waals surface area contributed by atoms with Crippen LogP contribution in [0.2, 0.25) is 0 Å². The van der Waals surface area contributed by atoms with Crippen LogP contribution < -0.4 is 10.6 Å². The van der Waals surface area contributed by atoms with Gasteiger partial charge in [-0.3, -0.25) is 10.1 Å². The highest BCUT2D eigenvalue weighted by atomic mass is 19.4. The first-order valence-corrected chi connectivity index (χ1v) is 7.67. The van der Waals surface area contributed by atoms with Crippen molar-refractivity contribution in [2.45, 2.75) is 20.0 Å². The molecule has 1 aromatic rings. The van der Waals surface area contributed by atoms with Crippen molar-refractivity contribution in [1.82, 2.24) is 10.6 Å². The van der Waals surface area contributed by atoms with E-state index in [0.29, 0.717) is 6.54 Å². The molecule has 1 aromatic carbocycles. The van der Waals surface area contributed by atoms with Crippen molar-refractivity contribution in [3.05, 3.63) is 41.5 Å². The van der Waals surface area contributed by atoms with E-state index in [1.54, 1.807) is 0 Å². The third-order valence-electron chi connectivity index (χ3n) is 2.90. The zero-order valence-corrected chi connectivity index (χ0v) is 14.2. The second kappa shape index (κ2) is 9.59. The third kappa shape index (κ3) is 8.32. The van der Waals surface area contributed by atoms with Crippen molar-refractivity contribution in [3.63, 3.8) is 0 Å². The highest BCUT2D eigenvalue weighted by molar-refractivity contribution is 5.96. The monoisotopic (exact) mass is 372 g/mol. The summed E-state index contributed by atoms with van der Waals surface area (Å²) >= 11 is 0. The first-order chi connectivity index (χ1) is 12.1. The molecule has 0 saturated heterocycles. The van der Waals surface area contributed by atoms with Crippen LogP contribution in [-0.2, 0) is 20.5 Å². The summed E-state index contributed by atoms with van der Waals surface area (Å²) in [6, 6.07) is 3.65. The second-order valence-corrected chi connectivity index (χ2v) is 5.72. The normalized spacial score (nSPS) is 11.5. The maximum atomic E-state index is 12.6. The van der Waals surface area contributed by atoms with Crippen LogP contribution in [0.4, 0.5) is 18.0 Å². The van der Waals surface area contributed by atoms with Gasteiger partial charge in [0, 0.05) is 12.6 Å². The summed E-state index contributed by atoms with van der Waals surface area (Å²) in [5.41, 5.74) is -0.700. The van der Waals surface area contributed by atoms with E-state index in [1.165, 1.54) is 12.1 Å². The smallest absolute Gasteiger partial charge is 0.416 e. The van der Waals surface area contributed by atoms with Crippen LogP contribution in [0.15, 0.2) is 30.3 Å². The van der Waals surface area contributed by atoms with Gasteiger partial charge < -0.3 is 10.1 Å². The first kappa shape index (κ1) is 21.2. The van der Waals surface area contributed by atoms with Crippen LogP contribution in [0.1, 0.15) is 25.0 Å². The molecular weight excluding hydrogens is 353 g/mol. The van der Waals surface area contributed by atoms with Crippen LogP contribution in [-0.4, -0.2) is 31.1 Å². The summed E-state index contributed by atoms with van der Waals surface area (Å²) in [5.74, 6) is -1.55. The minimum Gasteiger partial charge on any atom is -0.452 e. The molecule has 0 spiro atoms. The lowest BCUT2D eigenvalue weighted by atomic mass is 10.1. The van der Waals surface area contributed by atoms with Crippen LogP contribution in [0.25, 0.3) is 6.08 Å². The molecule has 0 aliphatic heterocycles. The van der Waals surface area contributed by atoms with E-state index < -0.39 is 36.3 Å². The summed E-state index contributed by atoms with van der Waals surface area (Å²) in [7, 11) is 0. The number of nitrogens with one attached hydrogen (secondary N) is 2. The summed E-state index contributed by atoms with van der Waals surface area (Å²) in [5, 5.41) is 4.42. The Hall–Kier alpha value is -2.84. The molecule has 3 amide bonds. The van der Waals surface area contributed by atoms with Crippen molar-refractivity contribution in [1.29, 1.82) is 0 Å². The van der Waals surface area contributed by atoms with E-state index in [4.69, 9.17) is 0 Å². The number of alkyl halides is 3. The molecule has 0 aliphatic carbocycles. The first-order valence-electron chi connectivity index (χ1n) is 7.67. The lowest BCUT2D eigenvalue weighted by Crippen LogP contribution is -2.42. The Balaban J connectivity index is 2.46. The molecule has 0 fully saturated rings. The minimum absolute atomic E-state index is 0.147. The number of esters is 1. The lowest BCUT2D eigenvalue weighted by molar-refractivity contribution is -0.143. The zero-order valence-electron chi connectivity index (χ0n) is 14.2. The topological polar surface area (TPSA) is 84.5 Å². The summed E-state index contributed by atoms with van der Waals surface area (Å²) in [6.45, 7) is 3.43. The van der Waals surface area contributed by atoms with Crippen molar-refractivity contribution < 1.29 is 32.3 Å². The van der Waals surface area contributed by atoms with Gasteiger partial charge in [0.15, 0.2) is 6.61 Å². The molecule has 0 bridgehead atoms. The number of amides is 3. The van der Waals surface area contributed by atoms with Crippen LogP contribution in [0, 0.1) is 5.92 Å². The van der Waals surface area contributed by atoms with Crippen molar-refractivity contribution in [3.8, 4) is 0 Å². The van der Waals surface area contributed by atoms with Gasteiger partial charge in [0.2, 0.25) is 0 Å². The molecule has 0 heterocycles. The number of halogens is 3. The Kier molecular flexibility index (Phi) is 7.82. The van der Waals surface area contributed by atoms with E-state index in [-0.39, 0.29) is 11.5 Å². The molecule has 0 unspecified atom stereocenters. The van der Waals surface area contributed by atoms with E-state index in [1.807, 2.05) is 19.2 Å². The lowest BCUT2D eigenvalue weighted by Gasteiger charge is -2.08. The molecule has 26 heavy (non-hydrogen) atoms. The van der Waals surface area contributed by atoms with E-state index in [2.05, 4.69) is 10.1 Å². The standard InChI is InChI=1S/C17H19F3N2O4/c1-11(2)9-21-16(25)22-14(23)10-26-15(24)7-6-12-4-3-5-13(8-12)17(18,19)20/h3-8,11H,9-10H2,1-2H3,(H2,21,22,23,25)/b7-6+. The van der Waals surface area contributed by atoms with Gasteiger partial charge in [-0.1, -0.05) is 26.0 Å². The molecule has 0 atom stereocenters. The Morgan fingerprint density at radius 2 is 1.92 bits per heavy atom. The SMILES string of the molecule is CC(C)CNC(=O)NC(=O)COC(=O)/C=C/c1cccc(C(F)(F)F)c1. The number of ether oxygens (including phenoxy) is 1. The summed E-state index contributed by atoms with van der Waals surface area (Å²) in [4.78, 5) is 34.3. The van der Waals surface area contributed by atoms with Gasteiger partial charge in [0.1, 0.15) is 0 Å². The van der Waals surface area contributed by atoms with Gasteiger partial charge >= 0.3 is 18.2 Å². The molecule has 6 nitrogen and oxygen atoms in total. The minimum atomic E-state index is -4.49. The highest BCUT2D eigenvalue weighted by Gasteiger charge is 2.30. The fourth-order valence-corrected chi connectivity index (χ4v) is 1.67. The quantitative estimate of drug-likeness (QED) is 0.594. The molecule has 2 N–H and O–H groups in total. The van der Waals surface area contributed by atoms with Gasteiger partial charge in [-0.2, -0.15) is 13.2 Å². The van der Waals surface area contributed by atoms with E-state index in [9.17, 15) is 27.6 Å². The van der Waals surface area contributed by atoms with Crippen LogP contribution in [0.5, 0.6) is 0 Å². The Bertz CT molecular complexity index is 685. The predicted molar refractivity (Wildman–Crippen MR) is 87.8 cm³/mol. The van der Waals surface area contributed by atoms with Crippen LogP contribution >= 0.6 is 0 Å². The Labute approximate surface area is 148 Å². The zero-order chi connectivity index (χ0) is 19.7. The number of carbonyl (C=O) groups excluding carboxylic acids is 3. The summed E-state index contributed by atoms with van der Waals surface area (Å²) in [6.07, 6.45) is -2.47. The molecule has 0 aliphatic rings. The van der Waals surface area contributed by atoms with Crippen molar-refractivity contribution in [2.24, 2.45) is 5.92 Å². The third-order valence-corrected chi connectivity index (χ3v) is 2.90. The fraction of sp³-hybridized carbons (Fsp3) is 0.353. The van der Waals surface area contributed by atoms with E-state index in [0.717, 1.165) is 24.3 Å².